The highest BCUT2D eigenvalue weighted by atomic mass is 32.2. The number of benzene rings is 1. The van der Waals surface area contributed by atoms with Crippen LogP contribution in [-0.4, -0.2) is 9.55 Å². The first-order chi connectivity index (χ1) is 8.16. The van der Waals surface area contributed by atoms with Crippen molar-refractivity contribution in [3.05, 3.63) is 36.2 Å². The molecule has 4 heteroatoms. The van der Waals surface area contributed by atoms with Gasteiger partial charge in [0.1, 0.15) is 5.01 Å². The number of hydrogen-bond donors (Lipinski definition) is 1. The average molecular weight is 260 g/mol. The minimum Gasteiger partial charge on any atom is -0.350 e. The fourth-order valence-corrected chi connectivity index (χ4v) is 3.16. The van der Waals surface area contributed by atoms with Crippen molar-refractivity contribution in [2.45, 2.75) is 11.1 Å². The van der Waals surface area contributed by atoms with Crippen LogP contribution in [0.4, 0.5) is 0 Å². The molecule has 0 saturated heterocycles. The summed E-state index contributed by atoms with van der Waals surface area (Å²) in [6, 6.07) is 8.39. The molecule has 1 aromatic carbocycles. The number of rotatable bonds is 1. The van der Waals surface area contributed by atoms with Crippen molar-refractivity contribution in [2.75, 3.05) is 0 Å². The molecule has 2 heterocycles. The number of hydrogen-bond acceptors (Lipinski definition) is 3. The molecule has 0 bridgehead atoms. The Balaban J connectivity index is 2.30. The zero-order valence-electron chi connectivity index (χ0n) is 9.64. The Hall–Kier alpha value is -1.26. The van der Waals surface area contributed by atoms with E-state index >= 15 is 0 Å². The lowest BCUT2D eigenvalue weighted by molar-refractivity contribution is 0.970. The Bertz CT molecular complexity index is 675. The SMILES string of the molecule is Cc1nc(-c2cn(C)c3ccccc23)sc1S. The van der Waals surface area contributed by atoms with Crippen LogP contribution >= 0.6 is 24.0 Å². The predicted molar refractivity (Wildman–Crippen MR) is 76.0 cm³/mol. The monoisotopic (exact) mass is 260 g/mol. The molecule has 86 valence electrons. The standard InChI is InChI=1S/C13H12N2S2/c1-8-13(16)17-12(14-8)10-7-15(2)11-6-4-3-5-9(10)11/h3-7,16H,1-2H3. The summed E-state index contributed by atoms with van der Waals surface area (Å²) in [5.74, 6) is 0. The zero-order valence-corrected chi connectivity index (χ0v) is 11.3. The molecule has 0 aliphatic heterocycles. The van der Waals surface area contributed by atoms with Crippen LogP contribution in [0.5, 0.6) is 0 Å². The third kappa shape index (κ3) is 1.68. The normalized spacial score (nSPS) is 11.2. The number of aromatic nitrogens is 2. The fraction of sp³-hybridized carbons (Fsp3) is 0.154. The van der Waals surface area contributed by atoms with E-state index in [0.29, 0.717) is 0 Å². The van der Waals surface area contributed by atoms with E-state index in [1.807, 2.05) is 6.92 Å². The molecule has 0 aliphatic carbocycles. The first-order valence-electron chi connectivity index (χ1n) is 5.37. The van der Waals surface area contributed by atoms with Crippen LogP contribution in [-0.2, 0) is 7.05 Å². The Morgan fingerprint density at radius 1 is 1.29 bits per heavy atom. The van der Waals surface area contributed by atoms with Crippen LogP contribution in [0.1, 0.15) is 5.69 Å². The number of fused-ring (bicyclic) bond motifs is 1. The lowest BCUT2D eigenvalue weighted by Crippen LogP contribution is -1.81. The molecule has 0 aliphatic rings. The summed E-state index contributed by atoms with van der Waals surface area (Å²) in [7, 11) is 2.06. The Kier molecular flexibility index (Phi) is 2.49. The summed E-state index contributed by atoms with van der Waals surface area (Å²) in [6.07, 6.45) is 2.14. The second-order valence-corrected chi connectivity index (χ2v) is 5.83. The van der Waals surface area contributed by atoms with Gasteiger partial charge in [0.05, 0.1) is 9.90 Å². The molecule has 17 heavy (non-hydrogen) atoms. The van der Waals surface area contributed by atoms with Gasteiger partial charge in [0.2, 0.25) is 0 Å². The first kappa shape index (κ1) is 10.9. The van der Waals surface area contributed by atoms with Gasteiger partial charge in [-0.25, -0.2) is 4.98 Å². The van der Waals surface area contributed by atoms with E-state index in [9.17, 15) is 0 Å². The minimum atomic E-state index is 0.993. The number of thiol groups is 1. The largest absolute Gasteiger partial charge is 0.350 e. The van der Waals surface area contributed by atoms with Crippen LogP contribution in [0, 0.1) is 6.92 Å². The van der Waals surface area contributed by atoms with Gasteiger partial charge >= 0.3 is 0 Å². The topological polar surface area (TPSA) is 17.8 Å². The number of para-hydroxylation sites is 1. The van der Waals surface area contributed by atoms with Crippen LogP contribution in [0.15, 0.2) is 34.7 Å². The number of aryl methyl sites for hydroxylation is 2. The van der Waals surface area contributed by atoms with E-state index in [2.05, 4.69) is 59.7 Å². The van der Waals surface area contributed by atoms with Crippen molar-refractivity contribution in [3.63, 3.8) is 0 Å². The molecular formula is C13H12N2S2. The van der Waals surface area contributed by atoms with Gasteiger partial charge < -0.3 is 4.57 Å². The van der Waals surface area contributed by atoms with Gasteiger partial charge in [-0.3, -0.25) is 0 Å². The molecule has 2 aromatic heterocycles. The molecule has 0 radical (unpaired) electrons. The van der Waals surface area contributed by atoms with Crippen molar-refractivity contribution in [2.24, 2.45) is 7.05 Å². The first-order valence-corrected chi connectivity index (χ1v) is 6.64. The second kappa shape index (κ2) is 3.89. The van der Waals surface area contributed by atoms with Gasteiger partial charge in [-0.1, -0.05) is 18.2 Å². The van der Waals surface area contributed by atoms with E-state index in [-0.39, 0.29) is 0 Å². The summed E-state index contributed by atoms with van der Waals surface area (Å²) < 4.78 is 3.13. The highest BCUT2D eigenvalue weighted by molar-refractivity contribution is 7.83. The number of nitrogens with zero attached hydrogens (tertiary/aromatic N) is 2. The minimum absolute atomic E-state index is 0.993. The van der Waals surface area contributed by atoms with Gasteiger partial charge in [-0.05, 0) is 13.0 Å². The lowest BCUT2D eigenvalue weighted by Gasteiger charge is -1.93. The van der Waals surface area contributed by atoms with Gasteiger partial charge in [-0.2, -0.15) is 0 Å². The maximum Gasteiger partial charge on any atom is 0.126 e. The van der Waals surface area contributed by atoms with Crippen molar-refractivity contribution in [1.82, 2.24) is 9.55 Å². The molecular weight excluding hydrogens is 248 g/mol. The molecule has 3 rings (SSSR count). The molecule has 0 unspecified atom stereocenters. The molecule has 0 N–H and O–H groups in total. The molecule has 0 atom stereocenters. The Morgan fingerprint density at radius 2 is 2.06 bits per heavy atom. The molecule has 0 amide bonds. The fourth-order valence-electron chi connectivity index (χ4n) is 2.02. The second-order valence-electron chi connectivity index (χ2n) is 4.08. The van der Waals surface area contributed by atoms with E-state index < -0.39 is 0 Å². The Labute approximate surface area is 109 Å². The summed E-state index contributed by atoms with van der Waals surface area (Å²) in [6.45, 7) is 1.99. The summed E-state index contributed by atoms with van der Waals surface area (Å²) in [4.78, 5) is 4.57. The van der Waals surface area contributed by atoms with Crippen molar-refractivity contribution < 1.29 is 0 Å². The maximum atomic E-state index is 4.57. The van der Waals surface area contributed by atoms with Crippen molar-refractivity contribution in [3.8, 4) is 10.6 Å². The van der Waals surface area contributed by atoms with Crippen molar-refractivity contribution in [1.29, 1.82) is 0 Å². The van der Waals surface area contributed by atoms with Crippen LogP contribution in [0.25, 0.3) is 21.5 Å². The summed E-state index contributed by atoms with van der Waals surface area (Å²) >= 11 is 6.05. The zero-order chi connectivity index (χ0) is 12.0. The predicted octanol–water partition coefficient (Wildman–Crippen LogP) is 3.90. The third-order valence-electron chi connectivity index (χ3n) is 2.90. The van der Waals surface area contributed by atoms with Gasteiger partial charge in [0.25, 0.3) is 0 Å². The average Bonchev–Trinajstić information content (AvgIpc) is 2.82. The van der Waals surface area contributed by atoms with E-state index in [4.69, 9.17) is 0 Å². The van der Waals surface area contributed by atoms with Crippen molar-refractivity contribution >= 4 is 34.9 Å². The Morgan fingerprint density at radius 3 is 2.76 bits per heavy atom. The molecule has 0 spiro atoms. The highest BCUT2D eigenvalue weighted by Crippen LogP contribution is 2.35. The lowest BCUT2D eigenvalue weighted by atomic mass is 10.2. The smallest absolute Gasteiger partial charge is 0.126 e. The quantitative estimate of drug-likeness (QED) is 0.657. The molecule has 0 fully saturated rings. The number of thiazole rings is 1. The van der Waals surface area contributed by atoms with Gasteiger partial charge in [0.15, 0.2) is 0 Å². The van der Waals surface area contributed by atoms with Crippen LogP contribution in [0.2, 0.25) is 0 Å². The van der Waals surface area contributed by atoms with Crippen LogP contribution in [0.3, 0.4) is 0 Å². The molecule has 2 nitrogen and oxygen atoms in total. The van der Waals surface area contributed by atoms with Crippen LogP contribution < -0.4 is 0 Å². The van der Waals surface area contributed by atoms with Gasteiger partial charge in [0, 0.05) is 29.7 Å². The van der Waals surface area contributed by atoms with E-state index in [1.165, 1.54) is 16.5 Å². The summed E-state index contributed by atoms with van der Waals surface area (Å²) in [5, 5.41) is 2.29. The molecule has 0 saturated carbocycles. The third-order valence-corrected chi connectivity index (χ3v) is 4.49. The summed E-state index contributed by atoms with van der Waals surface area (Å²) in [5.41, 5.74) is 3.42. The highest BCUT2D eigenvalue weighted by Gasteiger charge is 2.12. The van der Waals surface area contributed by atoms with E-state index in [1.54, 1.807) is 11.3 Å². The molecule has 3 aromatic rings. The maximum absolute atomic E-state index is 4.57. The van der Waals surface area contributed by atoms with E-state index in [0.717, 1.165) is 14.9 Å². The van der Waals surface area contributed by atoms with Gasteiger partial charge in [-0.15, -0.1) is 24.0 Å².